The van der Waals surface area contributed by atoms with E-state index in [-0.39, 0.29) is 21.8 Å². The molecule has 3 aromatic rings. The Balaban J connectivity index is 1.74. The summed E-state index contributed by atoms with van der Waals surface area (Å²) in [6.45, 7) is 1.59. The van der Waals surface area contributed by atoms with E-state index >= 15 is 0 Å². The molecule has 1 fully saturated rings. The Morgan fingerprint density at radius 3 is 2.85 bits per heavy atom. The molecule has 1 unspecified atom stereocenters. The molecule has 26 heavy (non-hydrogen) atoms. The van der Waals surface area contributed by atoms with E-state index in [2.05, 4.69) is 25.2 Å². The van der Waals surface area contributed by atoms with Gasteiger partial charge in [0.2, 0.25) is 0 Å². The lowest BCUT2D eigenvalue weighted by Crippen LogP contribution is -2.26. The van der Waals surface area contributed by atoms with Gasteiger partial charge in [-0.1, -0.05) is 23.2 Å². The van der Waals surface area contributed by atoms with E-state index in [1.807, 2.05) is 6.07 Å². The molecule has 9 heteroatoms. The first-order valence-electron chi connectivity index (χ1n) is 8.04. The molecule has 3 N–H and O–H groups in total. The summed E-state index contributed by atoms with van der Waals surface area (Å²) in [5, 5.41) is 3.71. The van der Waals surface area contributed by atoms with Crippen molar-refractivity contribution in [3.05, 3.63) is 46.6 Å². The maximum absolute atomic E-state index is 14.4. The van der Waals surface area contributed by atoms with Crippen LogP contribution in [0.2, 0.25) is 10.0 Å². The van der Waals surface area contributed by atoms with E-state index in [0.717, 1.165) is 30.7 Å². The number of pyridine rings is 1. The molecule has 3 heterocycles. The van der Waals surface area contributed by atoms with Gasteiger partial charge in [-0.05, 0) is 24.6 Å². The summed E-state index contributed by atoms with van der Waals surface area (Å²) in [4.78, 5) is 15.0. The maximum Gasteiger partial charge on any atom is 0.166 e. The number of nitrogens with two attached hydrogens (primary N) is 1. The van der Waals surface area contributed by atoms with E-state index < -0.39 is 5.82 Å². The molecular weight excluding hydrogens is 378 g/mol. The van der Waals surface area contributed by atoms with Gasteiger partial charge in [-0.2, -0.15) is 0 Å². The molecule has 4 rings (SSSR count). The number of anilines is 3. The summed E-state index contributed by atoms with van der Waals surface area (Å²) < 4.78 is 14.4. The van der Waals surface area contributed by atoms with Gasteiger partial charge in [0.1, 0.15) is 18.0 Å². The molecule has 0 saturated carbocycles. The van der Waals surface area contributed by atoms with Gasteiger partial charge >= 0.3 is 0 Å². The zero-order chi connectivity index (χ0) is 18.3. The van der Waals surface area contributed by atoms with Crippen LogP contribution in [0.15, 0.2) is 30.7 Å². The Morgan fingerprint density at radius 1 is 1.23 bits per heavy atom. The number of halogens is 3. The van der Waals surface area contributed by atoms with E-state index in [0.29, 0.717) is 11.3 Å². The number of hydrogen-bond acceptors (Lipinski definition) is 6. The van der Waals surface area contributed by atoms with Gasteiger partial charge in [0.05, 0.1) is 27.4 Å². The molecule has 1 aliphatic rings. The highest BCUT2D eigenvalue weighted by molar-refractivity contribution is 6.42. The highest BCUT2D eigenvalue weighted by Gasteiger charge is 2.21. The van der Waals surface area contributed by atoms with Crippen molar-refractivity contribution in [1.29, 1.82) is 0 Å². The molecule has 0 spiro atoms. The van der Waals surface area contributed by atoms with Crippen LogP contribution >= 0.6 is 23.2 Å². The van der Waals surface area contributed by atoms with Crippen molar-refractivity contribution in [2.24, 2.45) is 5.73 Å². The smallest absolute Gasteiger partial charge is 0.166 e. The van der Waals surface area contributed by atoms with Gasteiger partial charge in [0, 0.05) is 24.5 Å². The van der Waals surface area contributed by atoms with Crippen LogP contribution in [0.25, 0.3) is 10.9 Å². The number of fused-ring (bicyclic) bond motifs is 1. The van der Waals surface area contributed by atoms with E-state index in [9.17, 15) is 4.39 Å². The van der Waals surface area contributed by atoms with Crippen LogP contribution in [0.1, 0.15) is 6.42 Å². The molecule has 0 amide bonds. The average molecular weight is 393 g/mol. The second-order valence-corrected chi connectivity index (χ2v) is 6.91. The minimum Gasteiger partial charge on any atom is -0.355 e. The van der Waals surface area contributed by atoms with Crippen LogP contribution in [0.4, 0.5) is 21.7 Å². The molecule has 0 aliphatic carbocycles. The minimum atomic E-state index is -0.634. The van der Waals surface area contributed by atoms with Crippen molar-refractivity contribution in [3.8, 4) is 0 Å². The SMILES string of the molecule is NC1CCN(c2cc3c(Nc4ccc(Cl)c(Cl)c4F)ncnc3cn2)C1. The zero-order valence-corrected chi connectivity index (χ0v) is 15.1. The fourth-order valence-electron chi connectivity index (χ4n) is 2.97. The van der Waals surface area contributed by atoms with Crippen molar-refractivity contribution in [3.63, 3.8) is 0 Å². The van der Waals surface area contributed by atoms with Crippen LogP contribution < -0.4 is 16.0 Å². The van der Waals surface area contributed by atoms with E-state index in [1.54, 1.807) is 6.20 Å². The first kappa shape index (κ1) is 17.2. The Bertz CT molecular complexity index is 983. The van der Waals surface area contributed by atoms with Gasteiger partial charge in [-0.15, -0.1) is 0 Å². The van der Waals surface area contributed by atoms with Crippen LogP contribution in [0, 0.1) is 5.82 Å². The first-order chi connectivity index (χ1) is 12.5. The summed E-state index contributed by atoms with van der Waals surface area (Å²) in [7, 11) is 0. The molecule has 1 aromatic carbocycles. The summed E-state index contributed by atoms with van der Waals surface area (Å²) in [6, 6.07) is 5.06. The van der Waals surface area contributed by atoms with Gasteiger partial charge in [0.25, 0.3) is 0 Å². The Morgan fingerprint density at radius 2 is 2.08 bits per heavy atom. The maximum atomic E-state index is 14.4. The number of nitrogens with zero attached hydrogens (tertiary/aromatic N) is 4. The van der Waals surface area contributed by atoms with E-state index in [1.165, 1.54) is 18.5 Å². The van der Waals surface area contributed by atoms with Crippen LogP contribution in [-0.2, 0) is 0 Å². The number of rotatable bonds is 3. The van der Waals surface area contributed by atoms with Crippen molar-refractivity contribution in [2.45, 2.75) is 12.5 Å². The summed E-state index contributed by atoms with van der Waals surface area (Å²) in [6.07, 6.45) is 3.99. The number of aromatic nitrogens is 3. The van der Waals surface area contributed by atoms with Crippen molar-refractivity contribution in [2.75, 3.05) is 23.3 Å². The first-order valence-corrected chi connectivity index (χ1v) is 8.80. The molecule has 134 valence electrons. The summed E-state index contributed by atoms with van der Waals surface area (Å²) in [5.41, 5.74) is 6.81. The zero-order valence-electron chi connectivity index (χ0n) is 13.6. The lowest BCUT2D eigenvalue weighted by atomic mass is 10.2. The topological polar surface area (TPSA) is 80.0 Å². The standard InChI is InChI=1S/C17H15Cl2FN6/c18-11-1-2-12(16(20)15(11)19)25-17-10-5-14(26-4-3-9(21)7-26)22-6-13(10)23-8-24-17/h1-2,5-6,8-9H,3-4,7,21H2,(H,23,24,25). The molecule has 2 aromatic heterocycles. The summed E-state index contributed by atoms with van der Waals surface area (Å²) in [5.74, 6) is 0.614. The number of benzene rings is 1. The molecule has 6 nitrogen and oxygen atoms in total. The predicted molar refractivity (Wildman–Crippen MR) is 102 cm³/mol. The third kappa shape index (κ3) is 3.13. The second-order valence-electron chi connectivity index (χ2n) is 6.12. The minimum absolute atomic E-state index is 0.136. The molecule has 1 aliphatic heterocycles. The largest absolute Gasteiger partial charge is 0.355 e. The van der Waals surface area contributed by atoms with Crippen molar-refractivity contribution in [1.82, 2.24) is 15.0 Å². The third-order valence-electron chi connectivity index (χ3n) is 4.34. The van der Waals surface area contributed by atoms with Gasteiger partial charge in [0.15, 0.2) is 5.82 Å². The average Bonchev–Trinajstić information content (AvgIpc) is 3.08. The van der Waals surface area contributed by atoms with E-state index in [4.69, 9.17) is 28.9 Å². The van der Waals surface area contributed by atoms with Crippen molar-refractivity contribution < 1.29 is 4.39 Å². The molecule has 0 bridgehead atoms. The van der Waals surface area contributed by atoms with Crippen LogP contribution in [-0.4, -0.2) is 34.1 Å². The summed E-state index contributed by atoms with van der Waals surface area (Å²) >= 11 is 11.7. The third-order valence-corrected chi connectivity index (χ3v) is 5.13. The predicted octanol–water partition coefficient (Wildman–Crippen LogP) is 3.75. The normalized spacial score (nSPS) is 17.1. The fourth-order valence-corrected chi connectivity index (χ4v) is 3.28. The van der Waals surface area contributed by atoms with Gasteiger partial charge in [-0.25, -0.2) is 19.3 Å². The molecule has 1 saturated heterocycles. The van der Waals surface area contributed by atoms with Crippen LogP contribution in [0.5, 0.6) is 0 Å². The monoisotopic (exact) mass is 392 g/mol. The quantitative estimate of drug-likeness (QED) is 0.660. The fraction of sp³-hybridized carbons (Fsp3) is 0.235. The highest BCUT2D eigenvalue weighted by Crippen LogP contribution is 2.33. The molecule has 0 radical (unpaired) electrons. The Hall–Kier alpha value is -2.22. The molecule has 1 atom stereocenters. The van der Waals surface area contributed by atoms with Crippen molar-refractivity contribution >= 4 is 51.4 Å². The molecular formula is C17H15Cl2FN6. The van der Waals surface area contributed by atoms with Gasteiger partial charge < -0.3 is 16.0 Å². The Labute approximate surface area is 159 Å². The Kier molecular flexibility index (Phi) is 4.52. The van der Waals surface area contributed by atoms with Crippen LogP contribution in [0.3, 0.4) is 0 Å². The number of hydrogen-bond donors (Lipinski definition) is 2. The second kappa shape index (κ2) is 6.83. The lowest BCUT2D eigenvalue weighted by Gasteiger charge is -2.17. The van der Waals surface area contributed by atoms with Gasteiger partial charge in [-0.3, -0.25) is 0 Å². The number of nitrogens with one attached hydrogen (secondary N) is 1. The highest BCUT2D eigenvalue weighted by atomic mass is 35.5. The lowest BCUT2D eigenvalue weighted by molar-refractivity contribution is 0.632.